The second kappa shape index (κ2) is 7.96. The largest absolute Gasteiger partial charge is 0.478 e. The highest BCUT2D eigenvalue weighted by atomic mass is 35.5. The van der Waals surface area contributed by atoms with Gasteiger partial charge in [-0.1, -0.05) is 17.7 Å². The molecule has 0 amide bonds. The van der Waals surface area contributed by atoms with Gasteiger partial charge in [0.1, 0.15) is 5.15 Å². The smallest absolute Gasteiger partial charge is 0.416 e. The number of hydrogen-bond donors (Lipinski definition) is 2. The Morgan fingerprint density at radius 1 is 1.24 bits per heavy atom. The average molecular weight is 423 g/mol. The van der Waals surface area contributed by atoms with Crippen LogP contribution in [0.2, 0.25) is 5.15 Å². The van der Waals surface area contributed by atoms with Gasteiger partial charge in [0.15, 0.2) is 0 Å². The number of halogens is 4. The Bertz CT molecular complexity index is 1080. The second-order valence-corrected chi connectivity index (χ2v) is 6.36. The van der Waals surface area contributed by atoms with Crippen LogP contribution in [0.15, 0.2) is 53.6 Å². The number of rotatable bonds is 5. The van der Waals surface area contributed by atoms with E-state index in [1.807, 2.05) is 0 Å². The van der Waals surface area contributed by atoms with E-state index in [1.54, 1.807) is 19.1 Å². The Kier molecular flexibility index (Phi) is 5.60. The number of benzene rings is 2. The number of carboxylic acids is 1. The van der Waals surface area contributed by atoms with Gasteiger partial charge in [-0.3, -0.25) is 5.43 Å². The minimum atomic E-state index is -4.48. The van der Waals surface area contributed by atoms with Gasteiger partial charge < -0.3 is 5.11 Å². The zero-order valence-corrected chi connectivity index (χ0v) is 15.7. The molecule has 0 saturated heterocycles. The predicted molar refractivity (Wildman–Crippen MR) is 103 cm³/mol. The van der Waals surface area contributed by atoms with Crippen LogP contribution in [0, 0.1) is 6.92 Å². The molecule has 1 aromatic heterocycles. The summed E-state index contributed by atoms with van der Waals surface area (Å²) in [5.74, 6) is -1.04. The lowest BCUT2D eigenvalue weighted by atomic mass is 10.2. The third kappa shape index (κ3) is 4.57. The van der Waals surface area contributed by atoms with Gasteiger partial charge >= 0.3 is 12.1 Å². The third-order valence-electron chi connectivity index (χ3n) is 3.99. The summed E-state index contributed by atoms with van der Waals surface area (Å²) in [6.45, 7) is 1.65. The molecule has 10 heteroatoms. The van der Waals surface area contributed by atoms with Crippen molar-refractivity contribution in [3.63, 3.8) is 0 Å². The molecular weight excluding hydrogens is 409 g/mol. The lowest BCUT2D eigenvalue weighted by Gasteiger charge is -2.09. The maximum atomic E-state index is 12.9. The van der Waals surface area contributed by atoms with Crippen LogP contribution in [-0.2, 0) is 6.18 Å². The molecule has 3 aromatic rings. The summed E-state index contributed by atoms with van der Waals surface area (Å²) < 4.78 is 40.0. The van der Waals surface area contributed by atoms with E-state index >= 15 is 0 Å². The molecule has 0 fully saturated rings. The van der Waals surface area contributed by atoms with Crippen molar-refractivity contribution in [3.8, 4) is 5.69 Å². The molecule has 2 N–H and O–H groups in total. The van der Waals surface area contributed by atoms with E-state index in [0.717, 1.165) is 12.1 Å². The quantitative estimate of drug-likeness (QED) is 0.448. The zero-order chi connectivity index (χ0) is 21.2. The fourth-order valence-electron chi connectivity index (χ4n) is 2.50. The van der Waals surface area contributed by atoms with Crippen molar-refractivity contribution in [2.45, 2.75) is 13.1 Å². The Balaban J connectivity index is 1.83. The third-order valence-corrected chi connectivity index (χ3v) is 4.35. The number of nitrogens with zero attached hydrogens (tertiary/aromatic N) is 3. The molecule has 150 valence electrons. The summed E-state index contributed by atoms with van der Waals surface area (Å²) in [4.78, 5) is 10.8. The van der Waals surface area contributed by atoms with Crippen molar-refractivity contribution >= 4 is 29.5 Å². The van der Waals surface area contributed by atoms with Crippen LogP contribution in [0.1, 0.15) is 27.2 Å². The molecule has 0 atom stereocenters. The first-order chi connectivity index (χ1) is 13.7. The SMILES string of the molecule is Cc1nn(-c2cccc(C(F)(F)F)c2)c(Cl)c1/C=N/Nc1ccc(C(=O)O)cc1. The first kappa shape index (κ1) is 20.4. The lowest BCUT2D eigenvalue weighted by molar-refractivity contribution is -0.137. The summed E-state index contributed by atoms with van der Waals surface area (Å²) in [6, 6.07) is 10.6. The Morgan fingerprint density at radius 3 is 2.55 bits per heavy atom. The number of aromatic carboxylic acids is 1. The molecule has 0 aliphatic heterocycles. The molecule has 2 aromatic carbocycles. The first-order valence-corrected chi connectivity index (χ1v) is 8.60. The van der Waals surface area contributed by atoms with Crippen LogP contribution in [0.25, 0.3) is 5.69 Å². The molecular formula is C19H14ClF3N4O2. The molecule has 0 aliphatic carbocycles. The summed E-state index contributed by atoms with van der Waals surface area (Å²) in [7, 11) is 0. The molecule has 0 spiro atoms. The highest BCUT2D eigenvalue weighted by Crippen LogP contribution is 2.31. The minimum absolute atomic E-state index is 0.105. The highest BCUT2D eigenvalue weighted by Gasteiger charge is 2.30. The monoisotopic (exact) mass is 422 g/mol. The number of aryl methyl sites for hydroxylation is 1. The van der Waals surface area contributed by atoms with Crippen molar-refractivity contribution in [3.05, 3.63) is 76.1 Å². The van der Waals surface area contributed by atoms with E-state index in [9.17, 15) is 18.0 Å². The Labute approximate surface area is 168 Å². The molecule has 0 unspecified atom stereocenters. The van der Waals surface area contributed by atoms with Gasteiger partial charge in [-0.2, -0.15) is 23.4 Å². The number of carbonyl (C=O) groups is 1. The first-order valence-electron chi connectivity index (χ1n) is 8.22. The van der Waals surface area contributed by atoms with E-state index in [1.165, 1.54) is 35.2 Å². The number of anilines is 1. The van der Waals surface area contributed by atoms with Crippen LogP contribution < -0.4 is 5.43 Å². The summed E-state index contributed by atoms with van der Waals surface area (Å²) in [5, 5.41) is 17.2. The van der Waals surface area contributed by atoms with E-state index in [0.29, 0.717) is 16.9 Å². The molecule has 6 nitrogen and oxygen atoms in total. The Morgan fingerprint density at radius 2 is 1.93 bits per heavy atom. The summed E-state index contributed by atoms with van der Waals surface area (Å²) >= 11 is 6.30. The minimum Gasteiger partial charge on any atom is -0.478 e. The number of hydrogen-bond acceptors (Lipinski definition) is 4. The van der Waals surface area contributed by atoms with Crippen LogP contribution >= 0.6 is 11.6 Å². The van der Waals surface area contributed by atoms with E-state index in [2.05, 4.69) is 15.6 Å². The van der Waals surface area contributed by atoms with Gasteiger partial charge in [0, 0.05) is 0 Å². The van der Waals surface area contributed by atoms with Crippen molar-refractivity contribution in [2.24, 2.45) is 5.10 Å². The Hall–Kier alpha value is -3.33. The number of aromatic nitrogens is 2. The van der Waals surface area contributed by atoms with Crippen LogP contribution in [0.4, 0.5) is 18.9 Å². The van der Waals surface area contributed by atoms with E-state index in [4.69, 9.17) is 16.7 Å². The lowest BCUT2D eigenvalue weighted by Crippen LogP contribution is -2.06. The molecule has 0 aliphatic rings. The van der Waals surface area contributed by atoms with Crippen molar-refractivity contribution in [1.82, 2.24) is 9.78 Å². The van der Waals surface area contributed by atoms with E-state index in [-0.39, 0.29) is 16.4 Å². The van der Waals surface area contributed by atoms with Crippen molar-refractivity contribution in [1.29, 1.82) is 0 Å². The molecule has 0 bridgehead atoms. The molecule has 29 heavy (non-hydrogen) atoms. The van der Waals surface area contributed by atoms with Gasteiger partial charge in [0.05, 0.1) is 40.0 Å². The maximum Gasteiger partial charge on any atom is 0.416 e. The van der Waals surface area contributed by atoms with Gasteiger partial charge in [-0.05, 0) is 49.4 Å². The standard InChI is InChI=1S/C19H14ClF3N4O2/c1-11-16(10-24-25-14-7-5-12(6-8-14)18(28)29)17(20)27(26-11)15-4-2-3-13(9-15)19(21,22)23/h2-10,25H,1H3,(H,28,29)/b24-10+. The fourth-order valence-corrected chi connectivity index (χ4v) is 2.82. The summed E-state index contributed by atoms with van der Waals surface area (Å²) in [5.41, 5.74) is 3.68. The topological polar surface area (TPSA) is 79.5 Å². The van der Waals surface area contributed by atoms with Crippen molar-refractivity contribution < 1.29 is 23.1 Å². The number of carboxylic acid groups (broad SMARTS) is 1. The average Bonchev–Trinajstić information content (AvgIpc) is 2.96. The van der Waals surface area contributed by atoms with Gasteiger partial charge in [-0.25, -0.2) is 9.48 Å². The number of alkyl halides is 3. The van der Waals surface area contributed by atoms with Gasteiger partial charge in [0.2, 0.25) is 0 Å². The molecule has 0 saturated carbocycles. The maximum absolute atomic E-state index is 12.9. The second-order valence-electron chi connectivity index (χ2n) is 6.00. The molecule has 0 radical (unpaired) electrons. The predicted octanol–water partition coefficient (Wildman–Crippen LogP) is 5.00. The van der Waals surface area contributed by atoms with E-state index < -0.39 is 17.7 Å². The van der Waals surface area contributed by atoms with Gasteiger partial charge in [-0.15, -0.1) is 0 Å². The highest BCUT2D eigenvalue weighted by molar-refractivity contribution is 6.32. The fraction of sp³-hybridized carbons (Fsp3) is 0.105. The molecule has 3 rings (SSSR count). The number of nitrogens with one attached hydrogen (secondary N) is 1. The van der Waals surface area contributed by atoms with Crippen LogP contribution in [0.3, 0.4) is 0 Å². The zero-order valence-electron chi connectivity index (χ0n) is 14.9. The molecule has 1 heterocycles. The van der Waals surface area contributed by atoms with Crippen molar-refractivity contribution in [2.75, 3.05) is 5.43 Å². The van der Waals surface area contributed by atoms with Gasteiger partial charge in [0.25, 0.3) is 0 Å². The summed E-state index contributed by atoms with van der Waals surface area (Å²) in [6.07, 6.45) is -3.09. The van der Waals surface area contributed by atoms with Crippen LogP contribution in [-0.4, -0.2) is 27.1 Å². The van der Waals surface area contributed by atoms with Crippen LogP contribution in [0.5, 0.6) is 0 Å². The normalized spacial score (nSPS) is 11.8. The number of hydrazone groups is 1.